The first-order valence-corrected chi connectivity index (χ1v) is 9.51. The summed E-state index contributed by atoms with van der Waals surface area (Å²) in [5, 5.41) is 9.23. The number of hydrogen-bond donors (Lipinski definition) is 0. The Hall–Kier alpha value is -2.92. The van der Waals surface area contributed by atoms with Gasteiger partial charge in [0.25, 0.3) is 0 Å². The first-order valence-electron chi connectivity index (χ1n) is 9.51. The van der Waals surface area contributed by atoms with Crippen LogP contribution in [0.2, 0.25) is 0 Å². The Kier molecular flexibility index (Phi) is 4.02. The molecule has 0 N–H and O–H groups in total. The molecule has 0 saturated carbocycles. The molecule has 1 aliphatic heterocycles. The predicted molar refractivity (Wildman–Crippen MR) is 107 cm³/mol. The van der Waals surface area contributed by atoms with Gasteiger partial charge in [0, 0.05) is 35.4 Å². The van der Waals surface area contributed by atoms with Crippen molar-refractivity contribution in [2.24, 2.45) is 0 Å². The van der Waals surface area contributed by atoms with E-state index in [1.54, 1.807) is 12.7 Å². The lowest BCUT2D eigenvalue weighted by Crippen LogP contribution is -2.17. The van der Waals surface area contributed by atoms with Crippen molar-refractivity contribution in [3.8, 4) is 5.69 Å². The van der Waals surface area contributed by atoms with Crippen molar-refractivity contribution in [1.29, 1.82) is 0 Å². The predicted octanol–water partition coefficient (Wildman–Crippen LogP) is 4.04. The van der Waals surface area contributed by atoms with E-state index < -0.39 is 0 Å². The van der Waals surface area contributed by atoms with Gasteiger partial charge in [0.1, 0.15) is 12.7 Å². The van der Waals surface area contributed by atoms with Gasteiger partial charge in [-0.1, -0.05) is 30.3 Å². The van der Waals surface area contributed by atoms with Gasteiger partial charge in [-0.15, -0.1) is 10.2 Å². The van der Waals surface area contributed by atoms with Crippen LogP contribution in [0, 0.1) is 0 Å². The van der Waals surface area contributed by atoms with Crippen LogP contribution in [0.25, 0.3) is 16.6 Å². The lowest BCUT2D eigenvalue weighted by Gasteiger charge is -2.19. The Morgan fingerprint density at radius 1 is 1.04 bits per heavy atom. The summed E-state index contributed by atoms with van der Waals surface area (Å²) in [6, 6.07) is 17.8. The van der Waals surface area contributed by atoms with Crippen molar-refractivity contribution >= 4 is 10.9 Å². The maximum absolute atomic E-state index is 3.95. The molecule has 0 amide bonds. The van der Waals surface area contributed by atoms with Crippen LogP contribution in [0.3, 0.4) is 0 Å². The van der Waals surface area contributed by atoms with E-state index in [1.165, 1.54) is 41.4 Å². The smallest absolute Gasteiger partial charge is 0.123 e. The van der Waals surface area contributed by atoms with Crippen LogP contribution in [0.4, 0.5) is 0 Å². The van der Waals surface area contributed by atoms with Gasteiger partial charge in [-0.2, -0.15) is 0 Å². The molecule has 136 valence electrons. The third-order valence-corrected chi connectivity index (χ3v) is 5.69. The molecule has 1 saturated heterocycles. The van der Waals surface area contributed by atoms with Gasteiger partial charge in [-0.3, -0.25) is 9.47 Å². The molecular weight excluding hydrogens is 334 g/mol. The fourth-order valence-corrected chi connectivity index (χ4v) is 4.29. The van der Waals surface area contributed by atoms with Crippen molar-refractivity contribution in [2.75, 3.05) is 13.6 Å². The summed E-state index contributed by atoms with van der Waals surface area (Å²) in [7, 11) is 2.24. The molecule has 4 aromatic rings. The number of aromatic nitrogens is 4. The Labute approximate surface area is 158 Å². The fourth-order valence-electron chi connectivity index (χ4n) is 4.29. The van der Waals surface area contributed by atoms with Crippen LogP contribution >= 0.6 is 0 Å². The van der Waals surface area contributed by atoms with Gasteiger partial charge in [-0.25, -0.2) is 0 Å². The summed E-state index contributed by atoms with van der Waals surface area (Å²) in [5.74, 6) is 0. The van der Waals surface area contributed by atoms with E-state index >= 15 is 0 Å². The second-order valence-corrected chi connectivity index (χ2v) is 7.41. The lowest BCUT2D eigenvalue weighted by molar-refractivity contribution is 0.319. The summed E-state index contributed by atoms with van der Waals surface area (Å²) in [5.41, 5.74) is 5.14. The molecule has 1 atom stereocenters. The van der Waals surface area contributed by atoms with E-state index in [0.717, 1.165) is 12.2 Å². The zero-order valence-corrected chi connectivity index (χ0v) is 15.5. The number of nitrogens with zero attached hydrogens (tertiary/aromatic N) is 5. The first kappa shape index (κ1) is 16.3. The average molecular weight is 357 g/mol. The quantitative estimate of drug-likeness (QED) is 0.553. The Morgan fingerprint density at radius 3 is 2.59 bits per heavy atom. The molecule has 2 aromatic carbocycles. The molecular formula is C22H23N5. The molecule has 0 bridgehead atoms. The average Bonchev–Trinajstić information content (AvgIpc) is 3.43. The number of rotatable bonds is 4. The molecule has 0 aliphatic carbocycles. The molecule has 0 spiro atoms. The SMILES string of the molecule is CN1CCC[C@H]1c1cn(Cc2ccccc2)c2ccc(-n3cnnc3)cc12. The van der Waals surface area contributed by atoms with Crippen LogP contribution in [0.15, 0.2) is 67.4 Å². The summed E-state index contributed by atoms with van der Waals surface area (Å²) in [4.78, 5) is 2.48. The molecule has 1 aliphatic rings. The third-order valence-electron chi connectivity index (χ3n) is 5.69. The van der Waals surface area contributed by atoms with E-state index in [-0.39, 0.29) is 0 Å². The van der Waals surface area contributed by atoms with Crippen molar-refractivity contribution in [3.05, 3.63) is 78.5 Å². The zero-order valence-electron chi connectivity index (χ0n) is 15.5. The van der Waals surface area contributed by atoms with E-state index in [4.69, 9.17) is 0 Å². The van der Waals surface area contributed by atoms with Crippen LogP contribution in [0.5, 0.6) is 0 Å². The Morgan fingerprint density at radius 2 is 1.85 bits per heavy atom. The molecule has 2 aromatic heterocycles. The van der Waals surface area contributed by atoms with E-state index in [9.17, 15) is 0 Å². The number of likely N-dealkylation sites (tertiary alicyclic amines) is 1. The highest BCUT2D eigenvalue weighted by atomic mass is 15.2. The minimum Gasteiger partial charge on any atom is -0.343 e. The lowest BCUT2D eigenvalue weighted by atomic mass is 10.0. The van der Waals surface area contributed by atoms with Crippen LogP contribution < -0.4 is 0 Å². The fraction of sp³-hybridized carbons (Fsp3) is 0.273. The van der Waals surface area contributed by atoms with Crippen LogP contribution in [0.1, 0.15) is 30.0 Å². The summed E-state index contributed by atoms with van der Waals surface area (Å²) >= 11 is 0. The van der Waals surface area contributed by atoms with Crippen LogP contribution in [-0.2, 0) is 6.54 Å². The van der Waals surface area contributed by atoms with Gasteiger partial charge in [0.2, 0.25) is 0 Å². The second-order valence-electron chi connectivity index (χ2n) is 7.41. The highest BCUT2D eigenvalue weighted by Crippen LogP contribution is 2.37. The molecule has 5 rings (SSSR count). The molecule has 3 heterocycles. The molecule has 0 unspecified atom stereocenters. The maximum atomic E-state index is 3.95. The highest BCUT2D eigenvalue weighted by Gasteiger charge is 2.26. The topological polar surface area (TPSA) is 38.9 Å². The Balaban J connectivity index is 1.64. The molecule has 27 heavy (non-hydrogen) atoms. The van der Waals surface area contributed by atoms with E-state index in [1.807, 2.05) is 4.57 Å². The first-order chi connectivity index (χ1) is 13.3. The molecule has 0 radical (unpaired) electrons. The minimum absolute atomic E-state index is 0.487. The summed E-state index contributed by atoms with van der Waals surface area (Å²) in [6.45, 7) is 2.06. The van der Waals surface area contributed by atoms with Crippen molar-refractivity contribution in [3.63, 3.8) is 0 Å². The van der Waals surface area contributed by atoms with E-state index in [0.29, 0.717) is 6.04 Å². The number of hydrogen-bond acceptors (Lipinski definition) is 3. The molecule has 5 nitrogen and oxygen atoms in total. The number of fused-ring (bicyclic) bond motifs is 1. The third kappa shape index (κ3) is 2.94. The van der Waals surface area contributed by atoms with Gasteiger partial charge in [0.05, 0.1) is 0 Å². The molecule has 1 fully saturated rings. The van der Waals surface area contributed by atoms with Crippen molar-refractivity contribution < 1.29 is 0 Å². The highest BCUT2D eigenvalue weighted by molar-refractivity contribution is 5.86. The van der Waals surface area contributed by atoms with Crippen molar-refractivity contribution in [1.82, 2.24) is 24.2 Å². The van der Waals surface area contributed by atoms with Gasteiger partial charge >= 0.3 is 0 Å². The standard InChI is InChI=1S/C22H23N5/c1-25-11-5-8-21(25)20-14-26(13-17-6-3-2-4-7-17)22-10-9-18(12-19(20)22)27-15-23-24-16-27/h2-4,6-7,9-10,12,14-16,21H,5,8,11,13H2,1H3/t21-/m0/s1. The van der Waals surface area contributed by atoms with Gasteiger partial charge in [-0.05, 0) is 55.8 Å². The van der Waals surface area contributed by atoms with Gasteiger partial charge in [0.15, 0.2) is 0 Å². The van der Waals surface area contributed by atoms with Gasteiger partial charge < -0.3 is 4.57 Å². The largest absolute Gasteiger partial charge is 0.343 e. The van der Waals surface area contributed by atoms with Crippen LogP contribution in [-0.4, -0.2) is 37.8 Å². The maximum Gasteiger partial charge on any atom is 0.123 e. The second kappa shape index (κ2) is 6.67. The normalized spacial score (nSPS) is 17.7. The zero-order chi connectivity index (χ0) is 18.2. The number of benzene rings is 2. The summed E-state index contributed by atoms with van der Waals surface area (Å²) < 4.78 is 4.36. The monoisotopic (exact) mass is 357 g/mol. The van der Waals surface area contributed by atoms with E-state index in [2.05, 4.69) is 81.4 Å². The molecule has 5 heteroatoms. The van der Waals surface area contributed by atoms with Crippen molar-refractivity contribution in [2.45, 2.75) is 25.4 Å². The minimum atomic E-state index is 0.487. The summed E-state index contributed by atoms with van der Waals surface area (Å²) in [6.07, 6.45) is 8.35. The Bertz CT molecular complexity index is 1050.